The first-order valence-electron chi connectivity index (χ1n) is 7.89. The number of hydrogen-bond acceptors (Lipinski definition) is 5. The van der Waals surface area contributed by atoms with E-state index in [1.54, 1.807) is 11.3 Å². The number of aromatic nitrogens is 1. The van der Waals surface area contributed by atoms with E-state index in [-0.39, 0.29) is 5.91 Å². The van der Waals surface area contributed by atoms with E-state index >= 15 is 0 Å². The van der Waals surface area contributed by atoms with Crippen LogP contribution in [0, 0.1) is 0 Å². The molecule has 0 bridgehead atoms. The fraction of sp³-hybridized carbons (Fsp3) is 0.412. The van der Waals surface area contributed by atoms with E-state index in [1.165, 1.54) is 0 Å². The summed E-state index contributed by atoms with van der Waals surface area (Å²) in [4.78, 5) is 18.7. The average molecular weight is 330 g/mol. The second-order valence-corrected chi connectivity index (χ2v) is 7.01. The van der Waals surface area contributed by atoms with Gasteiger partial charge in [-0.1, -0.05) is 18.2 Å². The largest absolute Gasteiger partial charge is 0.368 e. The maximum Gasteiger partial charge on any atom is 0.237 e. The zero-order valence-electron chi connectivity index (χ0n) is 13.3. The number of nitrogens with two attached hydrogens (primary N) is 1. The van der Waals surface area contributed by atoms with Gasteiger partial charge in [0.05, 0.1) is 11.2 Å². The lowest BCUT2D eigenvalue weighted by Gasteiger charge is -2.42. The second kappa shape index (κ2) is 6.68. The zero-order chi connectivity index (χ0) is 16.3. The monoisotopic (exact) mass is 330 g/mol. The number of hydrogen-bond donors (Lipinski definition) is 2. The predicted molar refractivity (Wildman–Crippen MR) is 93.7 cm³/mol. The van der Waals surface area contributed by atoms with Crippen molar-refractivity contribution in [3.05, 3.63) is 41.4 Å². The topological polar surface area (TPSA) is 71.2 Å². The highest BCUT2D eigenvalue weighted by Crippen LogP contribution is 2.30. The summed E-state index contributed by atoms with van der Waals surface area (Å²) in [5, 5.41) is 6.21. The molecule has 1 aromatic carbocycles. The van der Waals surface area contributed by atoms with Gasteiger partial charge in [0.2, 0.25) is 5.91 Å². The van der Waals surface area contributed by atoms with Crippen LogP contribution in [-0.2, 0) is 11.3 Å². The molecule has 0 radical (unpaired) electrons. The Morgan fingerprint density at radius 2 is 2.17 bits per heavy atom. The highest BCUT2D eigenvalue weighted by atomic mass is 32.1. The van der Waals surface area contributed by atoms with Gasteiger partial charge in [0.25, 0.3) is 0 Å². The van der Waals surface area contributed by atoms with Crippen molar-refractivity contribution in [2.75, 3.05) is 11.9 Å². The van der Waals surface area contributed by atoms with Crippen molar-refractivity contribution < 1.29 is 4.79 Å². The van der Waals surface area contributed by atoms with Crippen molar-refractivity contribution in [1.82, 2.24) is 9.88 Å². The van der Waals surface area contributed by atoms with Crippen molar-refractivity contribution in [3.63, 3.8) is 0 Å². The van der Waals surface area contributed by atoms with Gasteiger partial charge in [0.1, 0.15) is 0 Å². The lowest BCUT2D eigenvalue weighted by Crippen LogP contribution is -2.57. The number of likely N-dealkylation sites (tertiary alicyclic amines) is 1. The number of carbonyl (C=O) groups is 1. The summed E-state index contributed by atoms with van der Waals surface area (Å²) in [5.74, 6) is -0.241. The highest BCUT2D eigenvalue weighted by molar-refractivity contribution is 7.13. The van der Waals surface area contributed by atoms with Crippen molar-refractivity contribution in [2.24, 2.45) is 5.73 Å². The van der Waals surface area contributed by atoms with Crippen molar-refractivity contribution >= 4 is 28.1 Å². The SMILES string of the molecule is CC1(C(N)=O)CCCCN1Cc1csc(Nc2ccccc2)n1. The Bertz CT molecular complexity index is 672. The van der Waals surface area contributed by atoms with Crippen LogP contribution < -0.4 is 11.1 Å². The van der Waals surface area contributed by atoms with Gasteiger partial charge in [-0.05, 0) is 44.9 Å². The molecule has 1 amide bonds. The minimum atomic E-state index is -0.561. The number of rotatable bonds is 5. The van der Waals surface area contributed by atoms with Crippen LogP contribution in [0.3, 0.4) is 0 Å². The number of nitrogens with zero attached hydrogens (tertiary/aromatic N) is 2. The number of piperidine rings is 1. The summed E-state index contributed by atoms with van der Waals surface area (Å²) in [5.41, 5.74) is 7.08. The van der Waals surface area contributed by atoms with Crippen LogP contribution in [0.25, 0.3) is 0 Å². The smallest absolute Gasteiger partial charge is 0.237 e. The van der Waals surface area contributed by atoms with E-state index in [9.17, 15) is 4.79 Å². The van der Waals surface area contributed by atoms with E-state index in [0.717, 1.165) is 42.3 Å². The molecule has 2 aromatic rings. The van der Waals surface area contributed by atoms with Crippen molar-refractivity contribution in [3.8, 4) is 0 Å². The van der Waals surface area contributed by atoms with Gasteiger partial charge in [-0.25, -0.2) is 4.98 Å². The van der Waals surface area contributed by atoms with E-state index in [0.29, 0.717) is 6.54 Å². The van der Waals surface area contributed by atoms with Crippen molar-refractivity contribution in [2.45, 2.75) is 38.3 Å². The number of carbonyl (C=O) groups excluding carboxylic acids is 1. The maximum atomic E-state index is 11.9. The average Bonchev–Trinajstić information content (AvgIpc) is 2.98. The van der Waals surface area contributed by atoms with Crippen LogP contribution in [0.15, 0.2) is 35.7 Å². The molecule has 1 fully saturated rings. The first-order valence-corrected chi connectivity index (χ1v) is 8.77. The normalized spacial score (nSPS) is 22.0. The third-order valence-electron chi connectivity index (χ3n) is 4.50. The molecule has 0 aliphatic carbocycles. The standard InChI is InChI=1S/C17H22N4OS/c1-17(15(18)22)9-5-6-10-21(17)11-14-12-23-16(20-14)19-13-7-3-2-4-8-13/h2-4,7-8,12H,5-6,9-11H2,1H3,(H2,18,22)(H,19,20). The summed E-state index contributed by atoms with van der Waals surface area (Å²) >= 11 is 1.58. The molecule has 1 aliphatic rings. The molecular formula is C17H22N4OS. The molecule has 3 rings (SSSR count). The molecule has 1 aliphatic heterocycles. The number of para-hydroxylation sites is 1. The van der Waals surface area contributed by atoms with Gasteiger partial charge in [-0.15, -0.1) is 11.3 Å². The molecule has 5 nitrogen and oxygen atoms in total. The zero-order valence-corrected chi connectivity index (χ0v) is 14.1. The number of amides is 1. The van der Waals surface area contributed by atoms with E-state index in [2.05, 4.69) is 15.2 Å². The fourth-order valence-corrected chi connectivity index (χ4v) is 3.71. The Balaban J connectivity index is 1.69. The molecule has 3 N–H and O–H groups in total. The molecule has 23 heavy (non-hydrogen) atoms. The van der Waals surface area contributed by atoms with Crippen LogP contribution in [-0.4, -0.2) is 27.9 Å². The Kier molecular flexibility index (Phi) is 4.63. The van der Waals surface area contributed by atoms with Gasteiger partial charge in [-0.2, -0.15) is 0 Å². The summed E-state index contributed by atoms with van der Waals surface area (Å²) in [6.07, 6.45) is 2.97. The molecule has 1 aromatic heterocycles. The summed E-state index contributed by atoms with van der Waals surface area (Å²) < 4.78 is 0. The minimum absolute atomic E-state index is 0.241. The predicted octanol–water partition coefficient (Wildman–Crippen LogP) is 3.12. The Labute approximate surface area is 140 Å². The lowest BCUT2D eigenvalue weighted by molar-refractivity contribution is -0.132. The van der Waals surface area contributed by atoms with Crippen LogP contribution in [0.2, 0.25) is 0 Å². The van der Waals surface area contributed by atoms with Gasteiger partial charge in [0.15, 0.2) is 5.13 Å². The number of nitrogens with one attached hydrogen (secondary N) is 1. The number of benzene rings is 1. The molecule has 2 heterocycles. The van der Waals surface area contributed by atoms with Crippen molar-refractivity contribution in [1.29, 1.82) is 0 Å². The van der Waals surface area contributed by atoms with Crippen LogP contribution in [0.1, 0.15) is 31.9 Å². The van der Waals surface area contributed by atoms with Crippen LogP contribution in [0.5, 0.6) is 0 Å². The quantitative estimate of drug-likeness (QED) is 0.883. The molecular weight excluding hydrogens is 308 g/mol. The van der Waals surface area contributed by atoms with Crippen LogP contribution in [0.4, 0.5) is 10.8 Å². The third-order valence-corrected chi connectivity index (χ3v) is 5.31. The molecule has 1 atom stereocenters. The minimum Gasteiger partial charge on any atom is -0.368 e. The fourth-order valence-electron chi connectivity index (χ4n) is 2.99. The maximum absolute atomic E-state index is 11.9. The summed E-state index contributed by atoms with van der Waals surface area (Å²) in [6, 6.07) is 9.98. The van der Waals surface area contributed by atoms with Gasteiger partial charge >= 0.3 is 0 Å². The molecule has 1 unspecified atom stereocenters. The number of thiazole rings is 1. The molecule has 0 saturated carbocycles. The Morgan fingerprint density at radius 1 is 1.39 bits per heavy atom. The van der Waals surface area contributed by atoms with Gasteiger partial charge in [0, 0.05) is 17.6 Å². The Morgan fingerprint density at radius 3 is 2.91 bits per heavy atom. The first kappa shape index (κ1) is 16.0. The van der Waals surface area contributed by atoms with Crippen LogP contribution >= 0.6 is 11.3 Å². The summed E-state index contributed by atoms with van der Waals surface area (Å²) in [7, 11) is 0. The van der Waals surface area contributed by atoms with E-state index < -0.39 is 5.54 Å². The number of primary amides is 1. The second-order valence-electron chi connectivity index (χ2n) is 6.15. The molecule has 1 saturated heterocycles. The third kappa shape index (κ3) is 3.54. The molecule has 122 valence electrons. The molecule has 6 heteroatoms. The number of anilines is 2. The van der Waals surface area contributed by atoms with Gasteiger partial charge in [-0.3, -0.25) is 9.69 Å². The summed E-state index contributed by atoms with van der Waals surface area (Å²) in [6.45, 7) is 3.49. The van der Waals surface area contributed by atoms with E-state index in [4.69, 9.17) is 5.73 Å². The lowest BCUT2D eigenvalue weighted by atomic mass is 9.87. The highest BCUT2D eigenvalue weighted by Gasteiger charge is 2.39. The Hall–Kier alpha value is -1.92. The first-order chi connectivity index (χ1) is 11.1. The van der Waals surface area contributed by atoms with Gasteiger partial charge < -0.3 is 11.1 Å². The molecule has 0 spiro atoms. The van der Waals surface area contributed by atoms with E-state index in [1.807, 2.05) is 42.6 Å².